The summed E-state index contributed by atoms with van der Waals surface area (Å²) in [7, 11) is 1.76. The van der Waals surface area contributed by atoms with Crippen molar-refractivity contribution in [3.05, 3.63) is 0 Å². The van der Waals surface area contributed by atoms with Gasteiger partial charge in [0, 0.05) is 39.8 Å². The molecule has 0 N–H and O–H groups in total. The molecule has 1 heterocycles. The van der Waals surface area contributed by atoms with Crippen LogP contribution in [0.25, 0.3) is 0 Å². The Hall–Kier alpha value is -0.560. The second-order valence-electron chi connectivity index (χ2n) is 4.76. The van der Waals surface area contributed by atoms with Crippen LogP contribution in [-0.2, 0) is 4.74 Å². The van der Waals surface area contributed by atoms with Crippen molar-refractivity contribution in [2.75, 3.05) is 46.4 Å². The SMILES string of the molecule is CC#CC(C)(C)N1CCN(CCOC)CC1. The molecule has 0 aromatic heterocycles. The highest BCUT2D eigenvalue weighted by Crippen LogP contribution is 2.15. The van der Waals surface area contributed by atoms with E-state index in [1.807, 2.05) is 6.92 Å². The van der Waals surface area contributed by atoms with Crippen LogP contribution in [0.4, 0.5) is 0 Å². The van der Waals surface area contributed by atoms with Crippen molar-refractivity contribution in [1.29, 1.82) is 0 Å². The predicted octanol–water partition coefficient (Wildman–Crippen LogP) is 1.05. The Kier molecular flexibility index (Phi) is 5.27. The van der Waals surface area contributed by atoms with Crippen molar-refractivity contribution < 1.29 is 4.74 Å². The Bertz CT molecular complexity index is 257. The molecular formula is C13H24N2O. The Morgan fingerprint density at radius 2 is 1.81 bits per heavy atom. The first-order valence-corrected chi connectivity index (χ1v) is 6.00. The molecule has 0 radical (unpaired) electrons. The molecule has 0 aliphatic carbocycles. The molecule has 3 heteroatoms. The predicted molar refractivity (Wildman–Crippen MR) is 67.4 cm³/mol. The van der Waals surface area contributed by atoms with Gasteiger partial charge < -0.3 is 4.74 Å². The van der Waals surface area contributed by atoms with E-state index in [1.165, 1.54) is 0 Å². The summed E-state index contributed by atoms with van der Waals surface area (Å²) in [6.45, 7) is 12.6. The van der Waals surface area contributed by atoms with E-state index in [-0.39, 0.29) is 5.54 Å². The quantitative estimate of drug-likeness (QED) is 0.664. The molecule has 0 spiro atoms. The van der Waals surface area contributed by atoms with E-state index in [0.717, 1.165) is 39.3 Å². The van der Waals surface area contributed by atoms with Crippen LogP contribution in [0.15, 0.2) is 0 Å². The van der Waals surface area contributed by atoms with Crippen LogP contribution >= 0.6 is 0 Å². The topological polar surface area (TPSA) is 15.7 Å². The summed E-state index contributed by atoms with van der Waals surface area (Å²) < 4.78 is 5.10. The molecule has 1 saturated heterocycles. The third-order valence-electron chi connectivity index (χ3n) is 3.21. The van der Waals surface area contributed by atoms with Crippen molar-refractivity contribution in [2.24, 2.45) is 0 Å². The van der Waals surface area contributed by atoms with Crippen LogP contribution in [0.1, 0.15) is 20.8 Å². The fraction of sp³-hybridized carbons (Fsp3) is 0.846. The minimum atomic E-state index is 0.0160. The molecule has 1 aliphatic rings. The number of nitrogens with zero attached hydrogens (tertiary/aromatic N) is 2. The second kappa shape index (κ2) is 6.24. The minimum Gasteiger partial charge on any atom is -0.383 e. The monoisotopic (exact) mass is 224 g/mol. The summed E-state index contributed by atoms with van der Waals surface area (Å²) in [5, 5.41) is 0. The van der Waals surface area contributed by atoms with E-state index in [1.54, 1.807) is 7.11 Å². The van der Waals surface area contributed by atoms with Gasteiger partial charge in [-0.2, -0.15) is 0 Å². The maximum absolute atomic E-state index is 5.10. The van der Waals surface area contributed by atoms with Crippen LogP contribution in [0.2, 0.25) is 0 Å². The number of hydrogen-bond acceptors (Lipinski definition) is 3. The Balaban J connectivity index is 2.38. The van der Waals surface area contributed by atoms with E-state index >= 15 is 0 Å². The molecule has 0 bridgehead atoms. The van der Waals surface area contributed by atoms with Crippen molar-refractivity contribution >= 4 is 0 Å². The molecule has 0 unspecified atom stereocenters. The summed E-state index contributed by atoms with van der Waals surface area (Å²) in [6, 6.07) is 0. The molecule has 0 amide bonds. The normalized spacial score (nSPS) is 19.2. The Morgan fingerprint density at radius 1 is 1.19 bits per heavy atom. The lowest BCUT2D eigenvalue weighted by Gasteiger charge is -2.41. The van der Waals surface area contributed by atoms with Crippen LogP contribution in [0, 0.1) is 11.8 Å². The van der Waals surface area contributed by atoms with Gasteiger partial charge in [0.1, 0.15) is 0 Å². The van der Waals surface area contributed by atoms with Gasteiger partial charge in [-0.1, -0.05) is 5.92 Å². The molecule has 0 saturated carbocycles. The zero-order valence-electron chi connectivity index (χ0n) is 11.0. The number of methoxy groups -OCH3 is 1. The Labute approximate surface area is 99.7 Å². The van der Waals surface area contributed by atoms with Crippen LogP contribution in [0.5, 0.6) is 0 Å². The maximum atomic E-state index is 5.10. The van der Waals surface area contributed by atoms with Crippen LogP contribution in [0.3, 0.4) is 0 Å². The number of hydrogen-bond donors (Lipinski definition) is 0. The van der Waals surface area contributed by atoms with Gasteiger partial charge in [-0.05, 0) is 20.8 Å². The molecule has 0 aromatic rings. The van der Waals surface area contributed by atoms with Gasteiger partial charge in [0.25, 0.3) is 0 Å². The minimum absolute atomic E-state index is 0.0160. The fourth-order valence-electron chi connectivity index (χ4n) is 2.14. The Morgan fingerprint density at radius 3 is 2.31 bits per heavy atom. The van der Waals surface area contributed by atoms with Gasteiger partial charge in [-0.15, -0.1) is 5.92 Å². The van der Waals surface area contributed by atoms with Gasteiger partial charge in [0.2, 0.25) is 0 Å². The van der Waals surface area contributed by atoms with Gasteiger partial charge in [-0.25, -0.2) is 0 Å². The summed E-state index contributed by atoms with van der Waals surface area (Å²) in [4.78, 5) is 4.92. The second-order valence-corrected chi connectivity index (χ2v) is 4.76. The highest BCUT2D eigenvalue weighted by Gasteiger charge is 2.27. The fourth-order valence-corrected chi connectivity index (χ4v) is 2.14. The first-order chi connectivity index (χ1) is 7.60. The van der Waals surface area contributed by atoms with Gasteiger partial charge in [-0.3, -0.25) is 9.80 Å². The van der Waals surface area contributed by atoms with Crippen molar-refractivity contribution in [3.8, 4) is 11.8 Å². The third kappa shape index (κ3) is 3.79. The van der Waals surface area contributed by atoms with Gasteiger partial charge >= 0.3 is 0 Å². The molecule has 0 atom stereocenters. The molecular weight excluding hydrogens is 200 g/mol. The first kappa shape index (κ1) is 13.5. The molecule has 3 nitrogen and oxygen atoms in total. The molecule has 16 heavy (non-hydrogen) atoms. The van der Waals surface area contributed by atoms with Crippen molar-refractivity contribution in [1.82, 2.24) is 9.80 Å². The molecule has 92 valence electrons. The summed E-state index contributed by atoms with van der Waals surface area (Å²) in [5.41, 5.74) is 0.0160. The lowest BCUT2D eigenvalue weighted by Crippen LogP contribution is -2.54. The lowest BCUT2D eigenvalue weighted by atomic mass is 10.0. The average molecular weight is 224 g/mol. The largest absolute Gasteiger partial charge is 0.383 e. The third-order valence-corrected chi connectivity index (χ3v) is 3.21. The summed E-state index contributed by atoms with van der Waals surface area (Å²) in [6.07, 6.45) is 0. The maximum Gasteiger partial charge on any atom is 0.0769 e. The smallest absolute Gasteiger partial charge is 0.0769 e. The lowest BCUT2D eigenvalue weighted by molar-refractivity contribution is 0.0638. The van der Waals surface area contributed by atoms with E-state index in [4.69, 9.17) is 4.74 Å². The van der Waals surface area contributed by atoms with E-state index in [9.17, 15) is 0 Å². The van der Waals surface area contributed by atoms with Crippen molar-refractivity contribution in [3.63, 3.8) is 0 Å². The molecule has 1 aliphatic heterocycles. The highest BCUT2D eigenvalue weighted by atomic mass is 16.5. The zero-order valence-corrected chi connectivity index (χ0v) is 11.0. The summed E-state index contributed by atoms with van der Waals surface area (Å²) >= 11 is 0. The number of rotatable bonds is 4. The standard InChI is InChI=1S/C13H24N2O/c1-5-6-13(2,3)15-9-7-14(8-10-15)11-12-16-4/h7-12H2,1-4H3. The van der Waals surface area contributed by atoms with E-state index in [2.05, 4.69) is 35.5 Å². The van der Waals surface area contributed by atoms with E-state index < -0.39 is 0 Å². The number of piperazine rings is 1. The van der Waals surface area contributed by atoms with Crippen LogP contribution in [-0.4, -0.2) is 61.8 Å². The van der Waals surface area contributed by atoms with Gasteiger partial charge in [0.15, 0.2) is 0 Å². The van der Waals surface area contributed by atoms with Crippen LogP contribution < -0.4 is 0 Å². The summed E-state index contributed by atoms with van der Waals surface area (Å²) in [5.74, 6) is 6.31. The average Bonchev–Trinajstić information content (AvgIpc) is 2.27. The molecule has 1 rings (SSSR count). The molecule has 0 aromatic carbocycles. The van der Waals surface area contributed by atoms with E-state index in [0.29, 0.717) is 0 Å². The van der Waals surface area contributed by atoms with Gasteiger partial charge in [0.05, 0.1) is 12.1 Å². The van der Waals surface area contributed by atoms with Crippen molar-refractivity contribution in [2.45, 2.75) is 26.3 Å². The molecule has 1 fully saturated rings. The number of ether oxygens (including phenoxy) is 1. The first-order valence-electron chi connectivity index (χ1n) is 6.00. The highest BCUT2D eigenvalue weighted by molar-refractivity contribution is 5.13. The zero-order chi connectivity index (χ0) is 12.0.